The summed E-state index contributed by atoms with van der Waals surface area (Å²) in [5.74, 6) is -0.819. The molecule has 3 rings (SSSR count). The predicted molar refractivity (Wildman–Crippen MR) is 80.0 cm³/mol. The fourth-order valence-electron chi connectivity index (χ4n) is 2.74. The normalized spacial score (nSPS) is 21.6. The highest BCUT2D eigenvalue weighted by molar-refractivity contribution is 5.81. The minimum absolute atomic E-state index is 0.0283. The molecule has 23 heavy (non-hydrogen) atoms. The second kappa shape index (κ2) is 7.08. The number of esters is 1. The van der Waals surface area contributed by atoms with Crippen LogP contribution in [0, 0.1) is 11.7 Å². The summed E-state index contributed by atoms with van der Waals surface area (Å²) in [6, 6.07) is 6.06. The fourth-order valence-corrected chi connectivity index (χ4v) is 2.74. The first-order valence-electron chi connectivity index (χ1n) is 7.95. The van der Waals surface area contributed by atoms with Gasteiger partial charge in [-0.05, 0) is 30.5 Å². The van der Waals surface area contributed by atoms with Crippen LogP contribution in [-0.2, 0) is 19.1 Å². The SMILES string of the molecule is O=C(OCC(=O)N1CCO[C@H](c2ccc(F)cc2)C1)C1CCC1. The van der Waals surface area contributed by atoms with E-state index in [4.69, 9.17) is 9.47 Å². The maximum atomic E-state index is 13.0. The lowest BCUT2D eigenvalue weighted by atomic mass is 9.86. The number of benzene rings is 1. The van der Waals surface area contributed by atoms with Crippen LogP contribution in [-0.4, -0.2) is 43.1 Å². The second-order valence-electron chi connectivity index (χ2n) is 5.99. The van der Waals surface area contributed by atoms with Crippen LogP contribution in [0.5, 0.6) is 0 Å². The van der Waals surface area contributed by atoms with Crippen LogP contribution in [0.4, 0.5) is 4.39 Å². The van der Waals surface area contributed by atoms with Gasteiger partial charge in [0.25, 0.3) is 5.91 Å². The highest BCUT2D eigenvalue weighted by Gasteiger charge is 2.29. The molecule has 0 radical (unpaired) electrons. The highest BCUT2D eigenvalue weighted by atomic mass is 19.1. The van der Waals surface area contributed by atoms with E-state index >= 15 is 0 Å². The first-order valence-corrected chi connectivity index (χ1v) is 7.95. The molecule has 5 nitrogen and oxygen atoms in total. The molecule has 6 heteroatoms. The van der Waals surface area contributed by atoms with E-state index in [1.165, 1.54) is 12.1 Å². The molecule has 1 atom stereocenters. The number of amides is 1. The zero-order valence-corrected chi connectivity index (χ0v) is 12.9. The molecule has 1 heterocycles. The van der Waals surface area contributed by atoms with E-state index in [-0.39, 0.29) is 36.3 Å². The average Bonchev–Trinajstić information content (AvgIpc) is 2.52. The van der Waals surface area contributed by atoms with E-state index in [1.54, 1.807) is 17.0 Å². The molecule has 0 spiro atoms. The molecule has 0 N–H and O–H groups in total. The smallest absolute Gasteiger partial charge is 0.309 e. The van der Waals surface area contributed by atoms with Crippen molar-refractivity contribution in [3.05, 3.63) is 35.6 Å². The number of ether oxygens (including phenoxy) is 2. The summed E-state index contributed by atoms with van der Waals surface area (Å²) in [7, 11) is 0. The van der Waals surface area contributed by atoms with Crippen molar-refractivity contribution >= 4 is 11.9 Å². The Morgan fingerprint density at radius 1 is 1.26 bits per heavy atom. The van der Waals surface area contributed by atoms with Crippen molar-refractivity contribution in [1.82, 2.24) is 4.90 Å². The van der Waals surface area contributed by atoms with Crippen LogP contribution >= 0.6 is 0 Å². The summed E-state index contributed by atoms with van der Waals surface area (Å²) < 4.78 is 23.7. The van der Waals surface area contributed by atoms with Gasteiger partial charge in [-0.2, -0.15) is 0 Å². The predicted octanol–water partition coefficient (Wildman–Crippen LogP) is 2.07. The summed E-state index contributed by atoms with van der Waals surface area (Å²) in [6.45, 7) is 1.04. The van der Waals surface area contributed by atoms with E-state index < -0.39 is 0 Å². The average molecular weight is 321 g/mol. The van der Waals surface area contributed by atoms with Gasteiger partial charge in [0.2, 0.25) is 0 Å². The Kier molecular flexibility index (Phi) is 4.91. The number of nitrogens with zero attached hydrogens (tertiary/aromatic N) is 1. The van der Waals surface area contributed by atoms with Crippen LogP contribution in [0.15, 0.2) is 24.3 Å². The first-order chi connectivity index (χ1) is 11.1. The third kappa shape index (κ3) is 3.88. The molecule has 1 aromatic rings. The van der Waals surface area contributed by atoms with Crippen molar-refractivity contribution in [3.8, 4) is 0 Å². The molecule has 1 saturated heterocycles. The minimum Gasteiger partial charge on any atom is -0.455 e. The molecule has 0 aromatic heterocycles. The largest absolute Gasteiger partial charge is 0.455 e. The van der Waals surface area contributed by atoms with Crippen LogP contribution in [0.3, 0.4) is 0 Å². The number of rotatable bonds is 4. The van der Waals surface area contributed by atoms with Crippen LogP contribution < -0.4 is 0 Å². The van der Waals surface area contributed by atoms with Crippen LogP contribution in [0.1, 0.15) is 30.9 Å². The van der Waals surface area contributed by atoms with E-state index in [2.05, 4.69) is 0 Å². The molecule has 1 saturated carbocycles. The Morgan fingerprint density at radius 3 is 2.65 bits per heavy atom. The lowest BCUT2D eigenvalue weighted by Gasteiger charge is -2.33. The van der Waals surface area contributed by atoms with Gasteiger partial charge in [-0.3, -0.25) is 9.59 Å². The number of morpholine rings is 1. The molecule has 2 fully saturated rings. The maximum absolute atomic E-state index is 13.0. The molecule has 0 unspecified atom stereocenters. The van der Waals surface area contributed by atoms with Crippen LogP contribution in [0.2, 0.25) is 0 Å². The summed E-state index contributed by atoms with van der Waals surface area (Å²) in [5.41, 5.74) is 0.829. The molecular formula is C17H20FNO4. The van der Waals surface area contributed by atoms with Crippen molar-refractivity contribution in [2.75, 3.05) is 26.3 Å². The van der Waals surface area contributed by atoms with E-state index in [0.29, 0.717) is 19.7 Å². The molecule has 2 aliphatic rings. The topological polar surface area (TPSA) is 55.8 Å². The van der Waals surface area contributed by atoms with Gasteiger partial charge in [-0.1, -0.05) is 18.6 Å². The molecule has 1 aliphatic heterocycles. The summed E-state index contributed by atoms with van der Waals surface area (Å²) >= 11 is 0. The zero-order chi connectivity index (χ0) is 16.2. The number of carbonyl (C=O) groups excluding carboxylic acids is 2. The maximum Gasteiger partial charge on any atom is 0.309 e. The molecular weight excluding hydrogens is 301 g/mol. The van der Waals surface area contributed by atoms with Gasteiger partial charge >= 0.3 is 5.97 Å². The highest BCUT2D eigenvalue weighted by Crippen LogP contribution is 2.27. The van der Waals surface area contributed by atoms with Gasteiger partial charge in [0.1, 0.15) is 11.9 Å². The Hall–Kier alpha value is -1.95. The molecule has 1 aliphatic carbocycles. The molecule has 1 amide bonds. The lowest BCUT2D eigenvalue weighted by molar-refractivity contribution is -0.160. The molecule has 0 bridgehead atoms. The third-order valence-electron chi connectivity index (χ3n) is 4.44. The monoisotopic (exact) mass is 321 g/mol. The van der Waals surface area contributed by atoms with Gasteiger partial charge in [0.15, 0.2) is 6.61 Å². The summed E-state index contributed by atoms with van der Waals surface area (Å²) in [4.78, 5) is 25.5. The number of carbonyl (C=O) groups is 2. The number of halogens is 1. The van der Waals surface area contributed by atoms with E-state index in [0.717, 1.165) is 24.8 Å². The van der Waals surface area contributed by atoms with E-state index in [9.17, 15) is 14.0 Å². The van der Waals surface area contributed by atoms with Gasteiger partial charge < -0.3 is 14.4 Å². The van der Waals surface area contributed by atoms with Crippen molar-refractivity contribution in [2.24, 2.45) is 5.92 Å². The van der Waals surface area contributed by atoms with Crippen molar-refractivity contribution in [1.29, 1.82) is 0 Å². The first kappa shape index (κ1) is 15.9. The minimum atomic E-state index is -0.305. The number of hydrogen-bond acceptors (Lipinski definition) is 4. The second-order valence-corrected chi connectivity index (χ2v) is 5.99. The Labute approximate surface area is 134 Å². The third-order valence-corrected chi connectivity index (χ3v) is 4.44. The van der Waals surface area contributed by atoms with Crippen molar-refractivity contribution < 1.29 is 23.5 Å². The van der Waals surface area contributed by atoms with Crippen LogP contribution in [0.25, 0.3) is 0 Å². The standard InChI is InChI=1S/C17H20FNO4/c18-14-6-4-12(5-7-14)15-10-19(8-9-22-15)16(20)11-23-17(21)13-2-1-3-13/h4-7,13,15H,1-3,8-11H2/t15-/m0/s1. The van der Waals surface area contributed by atoms with Gasteiger partial charge in [0.05, 0.1) is 19.1 Å². The zero-order valence-electron chi connectivity index (χ0n) is 12.9. The van der Waals surface area contributed by atoms with Crippen molar-refractivity contribution in [3.63, 3.8) is 0 Å². The van der Waals surface area contributed by atoms with E-state index in [1.807, 2.05) is 0 Å². The Balaban J connectivity index is 1.52. The van der Waals surface area contributed by atoms with Crippen molar-refractivity contribution in [2.45, 2.75) is 25.4 Å². The lowest BCUT2D eigenvalue weighted by Crippen LogP contribution is -2.44. The van der Waals surface area contributed by atoms with Gasteiger partial charge in [-0.15, -0.1) is 0 Å². The fraction of sp³-hybridized carbons (Fsp3) is 0.529. The van der Waals surface area contributed by atoms with Gasteiger partial charge in [0, 0.05) is 6.54 Å². The summed E-state index contributed by atoms with van der Waals surface area (Å²) in [5, 5.41) is 0. The molecule has 124 valence electrons. The quantitative estimate of drug-likeness (QED) is 0.797. The summed E-state index contributed by atoms with van der Waals surface area (Å²) in [6.07, 6.45) is 2.49. The Bertz CT molecular complexity index is 570. The molecule has 1 aromatic carbocycles. The van der Waals surface area contributed by atoms with Gasteiger partial charge in [-0.25, -0.2) is 4.39 Å². The number of hydrogen-bond donors (Lipinski definition) is 0. The Morgan fingerprint density at radius 2 is 2.00 bits per heavy atom.